The van der Waals surface area contributed by atoms with Gasteiger partial charge in [0.15, 0.2) is 0 Å². The number of carbonyl (C=O) groups excluding carboxylic acids is 1. The molecule has 0 fully saturated rings. The number of rotatable bonds is 4. The minimum Gasteiger partial charge on any atom is -0.480 e. The molecule has 7 heteroatoms. The van der Waals surface area contributed by atoms with Gasteiger partial charge in [0, 0.05) is 5.70 Å². The van der Waals surface area contributed by atoms with Crippen molar-refractivity contribution in [1.82, 2.24) is 4.90 Å². The summed E-state index contributed by atoms with van der Waals surface area (Å²) in [4.78, 5) is 23.8. The highest BCUT2D eigenvalue weighted by molar-refractivity contribution is 5.92. The normalized spacial score (nSPS) is 22.5. The summed E-state index contributed by atoms with van der Waals surface area (Å²) in [5, 5.41) is 9.07. The minimum absolute atomic E-state index is 0.148. The van der Waals surface area contributed by atoms with Crippen molar-refractivity contribution in [1.29, 1.82) is 0 Å². The molecular formula is C15H16F3NO3. The van der Waals surface area contributed by atoms with Crippen LogP contribution in [0.3, 0.4) is 0 Å². The highest BCUT2D eigenvalue weighted by Crippen LogP contribution is 2.42. The topological polar surface area (TPSA) is 57.6 Å². The van der Waals surface area contributed by atoms with E-state index in [1.54, 1.807) is 0 Å². The number of carboxylic acids is 1. The monoisotopic (exact) mass is 315 g/mol. The van der Waals surface area contributed by atoms with Crippen LogP contribution in [0.5, 0.6) is 0 Å². The Labute approximate surface area is 125 Å². The molecule has 0 aromatic carbocycles. The van der Waals surface area contributed by atoms with Crippen molar-refractivity contribution in [2.45, 2.75) is 26.1 Å². The number of nitrogens with zero attached hydrogens (tertiary/aromatic N) is 1. The van der Waals surface area contributed by atoms with Crippen molar-refractivity contribution in [3.63, 3.8) is 0 Å². The molecule has 0 saturated heterocycles. The molecule has 22 heavy (non-hydrogen) atoms. The molecule has 1 aliphatic carbocycles. The van der Waals surface area contributed by atoms with Gasteiger partial charge in [-0.2, -0.15) is 13.2 Å². The molecule has 0 aliphatic heterocycles. The maximum absolute atomic E-state index is 13.2. The van der Waals surface area contributed by atoms with E-state index in [0.717, 1.165) is 30.1 Å². The number of carboxylic acid groups (broad SMARTS) is 1. The van der Waals surface area contributed by atoms with Crippen molar-refractivity contribution in [3.05, 3.63) is 48.7 Å². The van der Waals surface area contributed by atoms with Gasteiger partial charge < -0.3 is 5.11 Å². The first-order valence-electron chi connectivity index (χ1n) is 6.37. The van der Waals surface area contributed by atoms with Crippen LogP contribution in [0, 0.1) is 5.41 Å². The summed E-state index contributed by atoms with van der Waals surface area (Å²) in [7, 11) is 0. The average molecular weight is 315 g/mol. The zero-order valence-corrected chi connectivity index (χ0v) is 12.1. The summed E-state index contributed by atoms with van der Waals surface area (Å²) in [5.74, 6) is -2.13. The van der Waals surface area contributed by atoms with Gasteiger partial charge in [0.05, 0.1) is 0 Å². The maximum atomic E-state index is 13.2. The third-order valence-electron chi connectivity index (χ3n) is 3.31. The molecule has 1 rings (SSSR count). The standard InChI is InChI=1S/C15H16F3NO3/c1-4-12(20)19(10(2)13(21)22)11-7-5-6-8-14(3,9-11)15(16,17)18/h4-10H,1H2,2-3H3,(H,21,22)/t10-,14?/m1/s1. The highest BCUT2D eigenvalue weighted by atomic mass is 19.4. The second-order valence-corrected chi connectivity index (χ2v) is 4.99. The molecule has 4 nitrogen and oxygen atoms in total. The Kier molecular flexibility index (Phi) is 5.01. The Bertz CT molecular complexity index is 575. The van der Waals surface area contributed by atoms with E-state index in [1.165, 1.54) is 25.2 Å². The zero-order chi connectivity index (χ0) is 17.1. The molecule has 0 heterocycles. The van der Waals surface area contributed by atoms with Crippen molar-refractivity contribution >= 4 is 11.9 Å². The van der Waals surface area contributed by atoms with E-state index >= 15 is 0 Å². The lowest BCUT2D eigenvalue weighted by molar-refractivity contribution is -0.183. The number of amides is 1. The first-order chi connectivity index (χ1) is 10.0. The SMILES string of the molecule is C=CC(=O)N(C1=CC(C)(C(F)(F)F)C=CC=C1)[C@H](C)C(=O)O. The van der Waals surface area contributed by atoms with Gasteiger partial charge in [0.2, 0.25) is 0 Å². The van der Waals surface area contributed by atoms with Crippen LogP contribution in [-0.2, 0) is 9.59 Å². The summed E-state index contributed by atoms with van der Waals surface area (Å²) in [6, 6.07) is -1.34. The lowest BCUT2D eigenvalue weighted by atomic mass is 9.88. The van der Waals surface area contributed by atoms with E-state index in [1.807, 2.05) is 0 Å². The zero-order valence-electron chi connectivity index (χ0n) is 12.1. The van der Waals surface area contributed by atoms with Crippen LogP contribution in [0.15, 0.2) is 48.7 Å². The molecule has 0 spiro atoms. The predicted molar refractivity (Wildman–Crippen MR) is 74.7 cm³/mol. The van der Waals surface area contributed by atoms with Crippen LogP contribution in [0.2, 0.25) is 0 Å². The van der Waals surface area contributed by atoms with E-state index in [0.29, 0.717) is 0 Å². The summed E-state index contributed by atoms with van der Waals surface area (Å²) in [6.07, 6.45) is 1.83. The number of hydrogen-bond donors (Lipinski definition) is 1. The Morgan fingerprint density at radius 2 is 2.00 bits per heavy atom. The number of aliphatic carboxylic acids is 1. The maximum Gasteiger partial charge on any atom is 0.401 e. The molecule has 1 aliphatic rings. The summed E-state index contributed by atoms with van der Waals surface area (Å²) >= 11 is 0. The van der Waals surface area contributed by atoms with Gasteiger partial charge in [-0.3, -0.25) is 9.69 Å². The smallest absolute Gasteiger partial charge is 0.401 e. The summed E-state index contributed by atoms with van der Waals surface area (Å²) in [5.41, 5.74) is -2.46. The Hall–Kier alpha value is -2.31. The third-order valence-corrected chi connectivity index (χ3v) is 3.31. The Morgan fingerprint density at radius 3 is 2.45 bits per heavy atom. The molecule has 120 valence electrons. The van der Waals surface area contributed by atoms with Crippen molar-refractivity contribution in [2.24, 2.45) is 5.41 Å². The molecule has 1 N–H and O–H groups in total. The molecular weight excluding hydrogens is 299 g/mol. The number of halogens is 3. The molecule has 0 aromatic rings. The predicted octanol–water partition coefficient (Wildman–Crippen LogP) is 3.05. The van der Waals surface area contributed by atoms with Gasteiger partial charge in [0.1, 0.15) is 11.5 Å². The summed E-state index contributed by atoms with van der Waals surface area (Å²) < 4.78 is 39.7. The quantitative estimate of drug-likeness (QED) is 0.811. The molecule has 1 unspecified atom stereocenters. The second kappa shape index (κ2) is 6.21. The van der Waals surface area contributed by atoms with Gasteiger partial charge in [-0.25, -0.2) is 4.79 Å². The van der Waals surface area contributed by atoms with Gasteiger partial charge in [0.25, 0.3) is 5.91 Å². The van der Waals surface area contributed by atoms with Crippen LogP contribution < -0.4 is 0 Å². The van der Waals surface area contributed by atoms with E-state index in [2.05, 4.69) is 6.58 Å². The minimum atomic E-state index is -4.59. The van der Waals surface area contributed by atoms with Gasteiger partial charge in [-0.15, -0.1) is 0 Å². The van der Waals surface area contributed by atoms with Crippen LogP contribution >= 0.6 is 0 Å². The molecule has 2 atom stereocenters. The fraction of sp³-hybridized carbons (Fsp3) is 0.333. The fourth-order valence-corrected chi connectivity index (χ4v) is 1.89. The van der Waals surface area contributed by atoms with E-state index < -0.39 is 29.5 Å². The number of alkyl halides is 3. The van der Waals surface area contributed by atoms with Crippen LogP contribution in [0.1, 0.15) is 13.8 Å². The molecule has 0 radical (unpaired) electrons. The first kappa shape index (κ1) is 17.7. The average Bonchev–Trinajstić information content (AvgIpc) is 2.61. The van der Waals surface area contributed by atoms with E-state index in [-0.39, 0.29) is 5.70 Å². The van der Waals surface area contributed by atoms with Crippen LogP contribution in [-0.4, -0.2) is 34.1 Å². The lowest BCUT2D eigenvalue weighted by Crippen LogP contribution is -2.42. The molecule has 1 amide bonds. The lowest BCUT2D eigenvalue weighted by Gasteiger charge is -2.30. The number of hydrogen-bond acceptors (Lipinski definition) is 2. The van der Waals surface area contributed by atoms with Crippen molar-refractivity contribution in [3.8, 4) is 0 Å². The summed E-state index contributed by atoms with van der Waals surface area (Å²) in [6.45, 7) is 5.41. The third kappa shape index (κ3) is 3.47. The van der Waals surface area contributed by atoms with Crippen molar-refractivity contribution < 1.29 is 27.9 Å². The number of allylic oxidation sites excluding steroid dienone is 5. The van der Waals surface area contributed by atoms with Gasteiger partial charge in [-0.1, -0.05) is 24.8 Å². The van der Waals surface area contributed by atoms with Gasteiger partial charge in [-0.05, 0) is 32.1 Å². The highest BCUT2D eigenvalue weighted by Gasteiger charge is 2.48. The molecule has 0 bridgehead atoms. The largest absolute Gasteiger partial charge is 0.480 e. The van der Waals surface area contributed by atoms with E-state index in [9.17, 15) is 22.8 Å². The first-order valence-corrected chi connectivity index (χ1v) is 6.37. The molecule has 0 aromatic heterocycles. The fourth-order valence-electron chi connectivity index (χ4n) is 1.89. The van der Waals surface area contributed by atoms with Crippen molar-refractivity contribution in [2.75, 3.05) is 0 Å². The van der Waals surface area contributed by atoms with Gasteiger partial charge >= 0.3 is 12.1 Å². The van der Waals surface area contributed by atoms with Crippen LogP contribution in [0.25, 0.3) is 0 Å². The Balaban J connectivity index is 3.43. The van der Waals surface area contributed by atoms with E-state index in [4.69, 9.17) is 5.11 Å². The molecule has 0 saturated carbocycles. The second-order valence-electron chi connectivity index (χ2n) is 4.99. The van der Waals surface area contributed by atoms with Crippen LogP contribution in [0.4, 0.5) is 13.2 Å². The Morgan fingerprint density at radius 1 is 1.41 bits per heavy atom. The number of carbonyl (C=O) groups is 2.